The third-order valence-electron chi connectivity index (χ3n) is 25.8. The Balaban J connectivity index is 1.10. The first-order valence-electron chi connectivity index (χ1n) is 39.9. The Bertz CT molecular complexity index is 3290. The molecular formula is C78H119F8N11O12. The first-order chi connectivity index (χ1) is 51.2. The second-order valence-electron chi connectivity index (χ2n) is 34.4. The molecule has 109 heavy (non-hydrogen) atoms. The summed E-state index contributed by atoms with van der Waals surface area (Å²) in [5.41, 5.74) is -2.21. The van der Waals surface area contributed by atoms with Crippen LogP contribution in [0.4, 0.5) is 35.1 Å². The first-order valence-corrected chi connectivity index (χ1v) is 39.9. The monoisotopic (exact) mass is 1550 g/mol. The van der Waals surface area contributed by atoms with Crippen LogP contribution in [0.5, 0.6) is 0 Å². The van der Waals surface area contributed by atoms with Gasteiger partial charge in [0.2, 0.25) is 65.0 Å². The normalized spacial score (nSPS) is 33.8. The van der Waals surface area contributed by atoms with Gasteiger partial charge in [0.25, 0.3) is 0 Å². The molecular weight excluding hydrogens is 1430 g/mol. The van der Waals surface area contributed by atoms with Crippen molar-refractivity contribution in [3.63, 3.8) is 0 Å². The van der Waals surface area contributed by atoms with Crippen LogP contribution in [-0.4, -0.2) is 264 Å². The standard InChI is InChI=1S/C78H119F8N11O12/c1-12-45(3)65-72(106)91(7)42-63(100)92(8)56-24-15-14-18-33-96(71(56)105)60(37-47-27-30-51(31-28-47)77(81,82)83)70(104)90(6)41-61(98)87-55(32-29-48-34-53(79)64(54(80)35-48)78(84,85)86)69(103)97-40-52(109-13-2)38-59(97)68(102)89-76(43-75(4,5)44-76)74(108)95(11)66(50-20-16-17-21-50)73(107)94(10)57(49-22-19-23-49)39-62(99)93(9)58(67(101)88-65)36-46-25-26-46/h14-15,45-60,64-66H,12-13,16-44H2,1-11H3,(H,87,98)(H,88,101)(H,89,102)/b15-14-/t45-,47?,48?,51?,52+,53?,54?,55-,56-,57-,58-,59-,60-,64?,65-,66-/m0/s1. The zero-order valence-corrected chi connectivity index (χ0v) is 65.5. The predicted molar refractivity (Wildman–Crippen MR) is 387 cm³/mol. The topological polar surface area (TPSA) is 259 Å². The summed E-state index contributed by atoms with van der Waals surface area (Å²) in [6.45, 7) is 7.35. The van der Waals surface area contributed by atoms with E-state index in [1.165, 1.54) is 49.9 Å². The van der Waals surface area contributed by atoms with Crippen molar-refractivity contribution in [2.24, 2.45) is 52.8 Å². The fraction of sp³-hybridized carbons (Fsp3) is 0.833. The van der Waals surface area contributed by atoms with Gasteiger partial charge in [0.1, 0.15) is 66.1 Å². The molecule has 12 atom stereocenters. The van der Waals surface area contributed by atoms with Gasteiger partial charge in [0.15, 0.2) is 0 Å². The Hall–Kier alpha value is -6.69. The van der Waals surface area contributed by atoms with E-state index in [4.69, 9.17) is 4.74 Å². The molecule has 6 saturated carbocycles. The number of carbonyl (C=O) groups is 11. The molecule has 9 rings (SSSR count). The number of ether oxygens (including phenoxy) is 1. The van der Waals surface area contributed by atoms with Gasteiger partial charge in [-0.3, -0.25) is 52.7 Å². The van der Waals surface area contributed by atoms with Gasteiger partial charge in [-0.1, -0.05) is 78.4 Å². The van der Waals surface area contributed by atoms with Crippen LogP contribution in [0, 0.1) is 52.8 Å². The fourth-order valence-corrected chi connectivity index (χ4v) is 19.0. The second-order valence-corrected chi connectivity index (χ2v) is 34.4. The molecule has 3 N–H and O–H groups in total. The molecule has 2 unspecified atom stereocenters. The highest BCUT2D eigenvalue weighted by Gasteiger charge is 2.60. The van der Waals surface area contributed by atoms with Crippen LogP contribution in [-0.2, 0) is 57.5 Å². The van der Waals surface area contributed by atoms with Crippen molar-refractivity contribution in [1.29, 1.82) is 0 Å². The van der Waals surface area contributed by atoms with Crippen molar-refractivity contribution in [3.05, 3.63) is 12.2 Å². The van der Waals surface area contributed by atoms with E-state index >= 15 is 42.3 Å². The Labute approximate surface area is 636 Å². The Morgan fingerprint density at radius 3 is 1.73 bits per heavy atom. The van der Waals surface area contributed by atoms with Crippen molar-refractivity contribution >= 4 is 65.0 Å². The molecule has 614 valence electrons. The number of likely N-dealkylation sites (N-methyl/N-ethyl adjacent to an activating group) is 6. The molecule has 9 aliphatic rings. The summed E-state index contributed by atoms with van der Waals surface area (Å²) >= 11 is 0. The fourth-order valence-electron chi connectivity index (χ4n) is 19.0. The Kier molecular flexibility index (Phi) is 28.5. The molecule has 6 aliphatic carbocycles. The van der Waals surface area contributed by atoms with Gasteiger partial charge in [-0.15, -0.1) is 0 Å². The molecule has 2 bridgehead atoms. The molecule has 0 aromatic heterocycles. The number of nitrogens with one attached hydrogen (secondary N) is 3. The lowest BCUT2D eigenvalue weighted by Gasteiger charge is -2.54. The predicted octanol–water partition coefficient (Wildman–Crippen LogP) is 8.45. The van der Waals surface area contributed by atoms with E-state index < -0.39 is 217 Å². The molecule has 1 spiro atoms. The lowest BCUT2D eigenvalue weighted by atomic mass is 9.58. The summed E-state index contributed by atoms with van der Waals surface area (Å²) in [7, 11) is 8.67. The van der Waals surface area contributed by atoms with Crippen LogP contribution in [0.15, 0.2) is 12.2 Å². The summed E-state index contributed by atoms with van der Waals surface area (Å²) < 4.78 is 122. The van der Waals surface area contributed by atoms with Crippen LogP contribution in [0.3, 0.4) is 0 Å². The smallest absolute Gasteiger partial charge is 0.377 e. The number of alkyl halides is 8. The maximum Gasteiger partial charge on any atom is 0.397 e. The molecule has 0 aromatic rings. The van der Waals surface area contributed by atoms with Crippen molar-refractivity contribution in [1.82, 2.24) is 55.1 Å². The highest BCUT2D eigenvalue weighted by molar-refractivity contribution is 6.00. The SMILES string of the molecule is CCO[C@@H]1C[C@H]2C(=O)NC3(CC(C)(C)C3)C(=O)N(C)[C@@H](C3CCCC3)C(=O)N(C)[C@H](C3CCC3)CC(=O)N(C)[C@@H](CC3CC3)C(=O)N[C@@H]([C@@H](C)CC)C(=O)N(C)CC(=O)N(C)[C@H]3C/C=C\CCN(C3=O)[C@@H](CC3CCC(C(F)(F)F)CC3)C(=O)N(C)CC(=O)N[C@@H](CCC3CC(F)C(C(F)(F)F)C(F)C3)C(=O)N2C1. The minimum Gasteiger partial charge on any atom is -0.377 e. The van der Waals surface area contributed by atoms with E-state index in [0.717, 1.165) is 51.7 Å². The van der Waals surface area contributed by atoms with E-state index in [1.807, 2.05) is 20.8 Å². The highest BCUT2D eigenvalue weighted by Crippen LogP contribution is 2.51. The number of hydrogen-bond acceptors (Lipinski definition) is 12. The van der Waals surface area contributed by atoms with E-state index in [2.05, 4.69) is 16.0 Å². The number of nitrogens with zero attached hydrogens (tertiary/aromatic N) is 8. The lowest BCUT2D eigenvalue weighted by molar-refractivity contribution is -0.219. The van der Waals surface area contributed by atoms with Crippen molar-refractivity contribution < 1.29 is 92.6 Å². The van der Waals surface area contributed by atoms with Crippen molar-refractivity contribution in [2.75, 3.05) is 75.1 Å². The van der Waals surface area contributed by atoms with Crippen LogP contribution < -0.4 is 16.0 Å². The molecule has 11 amide bonds. The van der Waals surface area contributed by atoms with Crippen LogP contribution in [0.2, 0.25) is 0 Å². The number of fused-ring (bicyclic) bond motifs is 3. The van der Waals surface area contributed by atoms with Gasteiger partial charge in [0, 0.05) is 80.9 Å². The molecule has 2 saturated heterocycles. The molecule has 0 aromatic carbocycles. The number of amides is 11. The summed E-state index contributed by atoms with van der Waals surface area (Å²) in [4.78, 5) is 178. The van der Waals surface area contributed by atoms with Gasteiger partial charge < -0.3 is 59.9 Å². The Morgan fingerprint density at radius 1 is 0.578 bits per heavy atom. The van der Waals surface area contributed by atoms with Crippen molar-refractivity contribution in [3.8, 4) is 0 Å². The molecule has 0 radical (unpaired) electrons. The van der Waals surface area contributed by atoms with Crippen molar-refractivity contribution in [2.45, 2.75) is 286 Å². The van der Waals surface area contributed by atoms with E-state index in [-0.39, 0.29) is 121 Å². The number of rotatable bonds is 13. The summed E-state index contributed by atoms with van der Waals surface area (Å²) in [5.74, 6) is -14.8. The van der Waals surface area contributed by atoms with E-state index in [0.29, 0.717) is 32.1 Å². The number of halogens is 8. The molecule has 8 fully saturated rings. The number of hydrogen-bond donors (Lipinski definition) is 3. The maximum absolute atomic E-state index is 15.8. The third kappa shape index (κ3) is 20.6. The average molecular weight is 1550 g/mol. The zero-order chi connectivity index (χ0) is 80.1. The van der Waals surface area contributed by atoms with Crippen LogP contribution in [0.1, 0.15) is 202 Å². The summed E-state index contributed by atoms with van der Waals surface area (Å²) in [6.07, 6.45) is -8.22. The minimum atomic E-state index is -5.20. The van der Waals surface area contributed by atoms with Crippen LogP contribution in [0.25, 0.3) is 0 Å². The number of carbonyl (C=O) groups excluding carboxylic acids is 11. The molecule has 3 heterocycles. The highest BCUT2D eigenvalue weighted by atomic mass is 19.4. The molecule has 23 nitrogen and oxygen atoms in total. The van der Waals surface area contributed by atoms with Gasteiger partial charge >= 0.3 is 12.4 Å². The van der Waals surface area contributed by atoms with Crippen LogP contribution >= 0.6 is 0 Å². The minimum absolute atomic E-state index is 0.0107. The molecule has 31 heteroatoms. The average Bonchev–Trinajstić information content (AvgIpc) is 1.59. The molecule has 3 aliphatic heterocycles. The second kappa shape index (κ2) is 36.0. The summed E-state index contributed by atoms with van der Waals surface area (Å²) in [5, 5.41) is 8.68. The first kappa shape index (κ1) is 86.3. The lowest BCUT2D eigenvalue weighted by Crippen LogP contribution is -2.71. The van der Waals surface area contributed by atoms with E-state index in [1.54, 1.807) is 37.9 Å². The Morgan fingerprint density at radius 2 is 1.17 bits per heavy atom. The van der Waals surface area contributed by atoms with Gasteiger partial charge in [0.05, 0.1) is 25.1 Å². The quantitative estimate of drug-likeness (QED) is 0.116. The van der Waals surface area contributed by atoms with E-state index in [9.17, 15) is 45.5 Å². The largest absolute Gasteiger partial charge is 0.397 e. The van der Waals surface area contributed by atoms with Gasteiger partial charge in [-0.25, -0.2) is 8.78 Å². The third-order valence-corrected chi connectivity index (χ3v) is 25.8. The zero-order valence-electron chi connectivity index (χ0n) is 65.5. The summed E-state index contributed by atoms with van der Waals surface area (Å²) in [6, 6.07) is -9.96. The van der Waals surface area contributed by atoms with Gasteiger partial charge in [-0.05, 0) is 163 Å². The van der Waals surface area contributed by atoms with Gasteiger partial charge in [-0.2, -0.15) is 26.3 Å². The maximum atomic E-state index is 15.8.